The maximum absolute atomic E-state index is 12.9. The number of rotatable bonds is 8. The fourth-order valence-corrected chi connectivity index (χ4v) is 2.74. The second-order valence-corrected chi connectivity index (χ2v) is 6.48. The van der Waals surface area contributed by atoms with E-state index in [9.17, 15) is 9.18 Å². The fraction of sp³-hybridized carbons (Fsp3) is 0.174. The molecule has 28 heavy (non-hydrogen) atoms. The standard InChI is InChI=1S/C23H23FN2O2/c1-28-22-12-6-19(7-13-22)15-25-21-10-4-17(5-11-21)14-23(27)26-16-18-2-8-20(24)9-3-18/h2-13,25H,14-16H2,1H3,(H,26,27). The van der Waals surface area contributed by atoms with Gasteiger partial charge >= 0.3 is 0 Å². The van der Waals surface area contributed by atoms with Crippen molar-refractivity contribution in [2.24, 2.45) is 0 Å². The van der Waals surface area contributed by atoms with Crippen molar-refractivity contribution >= 4 is 11.6 Å². The highest BCUT2D eigenvalue weighted by Gasteiger charge is 2.04. The molecule has 0 aromatic heterocycles. The van der Waals surface area contributed by atoms with Crippen LogP contribution in [0.1, 0.15) is 16.7 Å². The van der Waals surface area contributed by atoms with E-state index in [0.717, 1.165) is 28.1 Å². The van der Waals surface area contributed by atoms with Crippen LogP contribution in [0.25, 0.3) is 0 Å². The quantitative estimate of drug-likeness (QED) is 0.614. The third kappa shape index (κ3) is 5.84. The Labute approximate surface area is 164 Å². The van der Waals surface area contributed by atoms with Crippen molar-refractivity contribution in [3.8, 4) is 5.75 Å². The Kier molecular flexibility index (Phi) is 6.63. The average Bonchev–Trinajstić information content (AvgIpc) is 2.73. The van der Waals surface area contributed by atoms with E-state index in [1.807, 2.05) is 48.5 Å². The molecular formula is C23H23FN2O2. The van der Waals surface area contributed by atoms with E-state index in [2.05, 4.69) is 10.6 Å². The Morgan fingerprint density at radius 1 is 0.821 bits per heavy atom. The molecule has 0 bridgehead atoms. The van der Waals surface area contributed by atoms with Crippen LogP contribution in [-0.4, -0.2) is 13.0 Å². The lowest BCUT2D eigenvalue weighted by molar-refractivity contribution is -0.120. The molecule has 0 aliphatic carbocycles. The summed E-state index contributed by atoms with van der Waals surface area (Å²) in [7, 11) is 1.65. The van der Waals surface area contributed by atoms with Crippen LogP contribution in [-0.2, 0) is 24.3 Å². The van der Waals surface area contributed by atoms with Gasteiger partial charge in [0.15, 0.2) is 0 Å². The molecule has 0 atom stereocenters. The molecule has 0 saturated heterocycles. The number of benzene rings is 3. The van der Waals surface area contributed by atoms with Gasteiger partial charge in [0.1, 0.15) is 11.6 Å². The molecule has 1 amide bonds. The van der Waals surface area contributed by atoms with Crippen LogP contribution >= 0.6 is 0 Å². The van der Waals surface area contributed by atoms with Crippen molar-refractivity contribution in [1.29, 1.82) is 0 Å². The predicted octanol–water partition coefficient (Wildman–Crippen LogP) is 4.31. The number of carbonyl (C=O) groups excluding carboxylic acids is 1. The Balaban J connectivity index is 1.45. The highest BCUT2D eigenvalue weighted by Crippen LogP contribution is 2.14. The molecule has 144 valence electrons. The van der Waals surface area contributed by atoms with E-state index >= 15 is 0 Å². The van der Waals surface area contributed by atoms with Gasteiger partial charge in [0, 0.05) is 18.8 Å². The van der Waals surface area contributed by atoms with E-state index in [1.165, 1.54) is 12.1 Å². The Bertz CT molecular complexity index is 891. The first-order chi connectivity index (χ1) is 13.6. The zero-order valence-electron chi connectivity index (χ0n) is 15.7. The molecule has 0 spiro atoms. The van der Waals surface area contributed by atoms with Crippen molar-refractivity contribution in [3.05, 3.63) is 95.3 Å². The number of halogens is 1. The summed E-state index contributed by atoms with van der Waals surface area (Å²) in [6.07, 6.45) is 0.306. The summed E-state index contributed by atoms with van der Waals surface area (Å²) < 4.78 is 18.0. The van der Waals surface area contributed by atoms with Gasteiger partial charge in [-0.05, 0) is 53.1 Å². The summed E-state index contributed by atoms with van der Waals surface area (Å²) in [6, 6.07) is 21.8. The van der Waals surface area contributed by atoms with E-state index in [0.29, 0.717) is 19.5 Å². The van der Waals surface area contributed by atoms with Gasteiger partial charge in [-0.25, -0.2) is 4.39 Å². The molecule has 5 heteroatoms. The highest BCUT2D eigenvalue weighted by atomic mass is 19.1. The smallest absolute Gasteiger partial charge is 0.224 e. The van der Waals surface area contributed by atoms with E-state index in [4.69, 9.17) is 4.74 Å². The van der Waals surface area contributed by atoms with Gasteiger partial charge in [0.2, 0.25) is 5.91 Å². The third-order valence-corrected chi connectivity index (χ3v) is 4.38. The van der Waals surface area contributed by atoms with Crippen LogP contribution in [0.3, 0.4) is 0 Å². The molecule has 3 aromatic carbocycles. The molecule has 4 nitrogen and oxygen atoms in total. The lowest BCUT2D eigenvalue weighted by Gasteiger charge is -2.09. The van der Waals surface area contributed by atoms with Crippen molar-refractivity contribution in [2.75, 3.05) is 12.4 Å². The lowest BCUT2D eigenvalue weighted by atomic mass is 10.1. The van der Waals surface area contributed by atoms with E-state index in [-0.39, 0.29) is 11.7 Å². The van der Waals surface area contributed by atoms with Gasteiger partial charge < -0.3 is 15.4 Å². The van der Waals surface area contributed by atoms with Crippen molar-refractivity contribution in [2.45, 2.75) is 19.5 Å². The highest BCUT2D eigenvalue weighted by molar-refractivity contribution is 5.78. The number of amides is 1. The number of hydrogen-bond donors (Lipinski definition) is 2. The number of carbonyl (C=O) groups is 1. The number of anilines is 1. The van der Waals surface area contributed by atoms with Gasteiger partial charge in [-0.1, -0.05) is 36.4 Å². The monoisotopic (exact) mass is 378 g/mol. The number of ether oxygens (including phenoxy) is 1. The molecule has 0 unspecified atom stereocenters. The summed E-state index contributed by atoms with van der Waals surface area (Å²) >= 11 is 0. The minimum absolute atomic E-state index is 0.0664. The number of methoxy groups -OCH3 is 1. The molecule has 3 aromatic rings. The molecule has 0 aliphatic heterocycles. The number of hydrogen-bond acceptors (Lipinski definition) is 3. The zero-order valence-corrected chi connectivity index (χ0v) is 15.7. The molecule has 0 aliphatic rings. The second kappa shape index (κ2) is 9.55. The van der Waals surface area contributed by atoms with Crippen LogP contribution < -0.4 is 15.4 Å². The molecular weight excluding hydrogens is 355 g/mol. The minimum atomic E-state index is -0.282. The van der Waals surface area contributed by atoms with Crippen molar-refractivity contribution < 1.29 is 13.9 Å². The summed E-state index contributed by atoms with van der Waals surface area (Å²) in [4.78, 5) is 12.1. The SMILES string of the molecule is COc1ccc(CNc2ccc(CC(=O)NCc3ccc(F)cc3)cc2)cc1. The van der Waals surface area contributed by atoms with Gasteiger partial charge in [0.05, 0.1) is 13.5 Å². The molecule has 3 rings (SSSR count). The fourth-order valence-electron chi connectivity index (χ4n) is 2.74. The molecule has 0 heterocycles. The molecule has 0 radical (unpaired) electrons. The Morgan fingerprint density at radius 2 is 1.39 bits per heavy atom. The minimum Gasteiger partial charge on any atom is -0.497 e. The van der Waals surface area contributed by atoms with Crippen molar-refractivity contribution in [3.63, 3.8) is 0 Å². The normalized spacial score (nSPS) is 10.4. The topological polar surface area (TPSA) is 50.4 Å². The summed E-state index contributed by atoms with van der Waals surface area (Å²) in [5.41, 5.74) is 3.95. The average molecular weight is 378 g/mol. The second-order valence-electron chi connectivity index (χ2n) is 6.48. The maximum atomic E-state index is 12.9. The van der Waals surface area contributed by atoms with Crippen molar-refractivity contribution in [1.82, 2.24) is 5.32 Å². The number of nitrogens with one attached hydrogen (secondary N) is 2. The molecule has 0 fully saturated rings. The molecule has 2 N–H and O–H groups in total. The van der Waals surface area contributed by atoms with Crippen LogP contribution in [0.2, 0.25) is 0 Å². The van der Waals surface area contributed by atoms with Gasteiger partial charge in [0.25, 0.3) is 0 Å². The first-order valence-electron chi connectivity index (χ1n) is 9.09. The largest absolute Gasteiger partial charge is 0.497 e. The van der Waals surface area contributed by atoms with Gasteiger partial charge in [-0.15, -0.1) is 0 Å². The van der Waals surface area contributed by atoms with Crippen LogP contribution in [0.4, 0.5) is 10.1 Å². The summed E-state index contributed by atoms with van der Waals surface area (Å²) in [5.74, 6) is 0.491. The third-order valence-electron chi connectivity index (χ3n) is 4.38. The van der Waals surface area contributed by atoms with Crippen LogP contribution in [0.15, 0.2) is 72.8 Å². The van der Waals surface area contributed by atoms with E-state index < -0.39 is 0 Å². The van der Waals surface area contributed by atoms with Gasteiger partial charge in [-0.2, -0.15) is 0 Å². The van der Waals surface area contributed by atoms with Crippen LogP contribution in [0, 0.1) is 5.82 Å². The predicted molar refractivity (Wildman–Crippen MR) is 109 cm³/mol. The zero-order chi connectivity index (χ0) is 19.8. The first-order valence-corrected chi connectivity index (χ1v) is 9.09. The Morgan fingerprint density at radius 3 is 2.04 bits per heavy atom. The summed E-state index contributed by atoms with van der Waals surface area (Å²) in [5, 5.41) is 6.21. The van der Waals surface area contributed by atoms with E-state index in [1.54, 1.807) is 19.2 Å². The van der Waals surface area contributed by atoms with Gasteiger partial charge in [-0.3, -0.25) is 4.79 Å². The first kappa shape index (κ1) is 19.4. The lowest BCUT2D eigenvalue weighted by Crippen LogP contribution is -2.24. The summed E-state index contributed by atoms with van der Waals surface area (Å²) in [6.45, 7) is 1.10. The maximum Gasteiger partial charge on any atom is 0.224 e. The van der Waals surface area contributed by atoms with Crippen LogP contribution in [0.5, 0.6) is 5.75 Å². The molecule has 0 saturated carbocycles. The Hall–Kier alpha value is -3.34.